The van der Waals surface area contributed by atoms with Gasteiger partial charge in [-0.05, 0) is 18.2 Å². The van der Waals surface area contributed by atoms with Crippen molar-refractivity contribution < 1.29 is 24.2 Å². The van der Waals surface area contributed by atoms with Crippen LogP contribution in [0.1, 0.15) is 0 Å². The number of aliphatic carboxylic acids is 2. The zero-order chi connectivity index (χ0) is 19.6. The molecular formula is C17H17ClN4O5. The van der Waals surface area contributed by atoms with E-state index in [0.29, 0.717) is 29.5 Å². The molecule has 0 fully saturated rings. The van der Waals surface area contributed by atoms with E-state index in [9.17, 15) is 9.59 Å². The molecule has 3 rings (SSSR count). The van der Waals surface area contributed by atoms with E-state index in [4.69, 9.17) is 26.2 Å². The van der Waals surface area contributed by atoms with Crippen LogP contribution in [0, 0.1) is 0 Å². The normalized spacial score (nSPS) is 12.7. The Hall–Kier alpha value is -3.33. The second-order valence-electron chi connectivity index (χ2n) is 5.17. The number of oxazole rings is 1. The van der Waals surface area contributed by atoms with Gasteiger partial charge in [0.2, 0.25) is 0 Å². The molecule has 2 heterocycles. The molecule has 0 aliphatic carbocycles. The molecule has 27 heavy (non-hydrogen) atoms. The van der Waals surface area contributed by atoms with Crippen LogP contribution in [0.15, 0.2) is 52.4 Å². The molecule has 4 N–H and O–H groups in total. The molecule has 0 spiro atoms. The molecule has 2 aromatic rings. The van der Waals surface area contributed by atoms with Gasteiger partial charge in [0.1, 0.15) is 5.84 Å². The van der Waals surface area contributed by atoms with Gasteiger partial charge in [-0.1, -0.05) is 11.6 Å². The molecule has 9 nitrogen and oxygen atoms in total. The van der Waals surface area contributed by atoms with Crippen molar-refractivity contribution in [2.45, 2.75) is 0 Å². The number of nitrogens with zero attached hydrogens (tertiary/aromatic N) is 2. The van der Waals surface area contributed by atoms with Gasteiger partial charge < -0.3 is 25.3 Å². The fraction of sp³-hybridized carbons (Fsp3) is 0.176. The highest BCUT2D eigenvalue weighted by Crippen LogP contribution is 2.30. The molecule has 0 unspecified atom stereocenters. The van der Waals surface area contributed by atoms with Crippen LogP contribution >= 0.6 is 11.6 Å². The zero-order valence-electron chi connectivity index (χ0n) is 14.1. The predicted molar refractivity (Wildman–Crippen MR) is 100 cm³/mol. The molecule has 1 aliphatic rings. The number of anilines is 1. The highest BCUT2D eigenvalue weighted by molar-refractivity contribution is 6.31. The fourth-order valence-corrected chi connectivity index (χ4v) is 2.29. The van der Waals surface area contributed by atoms with Gasteiger partial charge in [-0.25, -0.2) is 14.6 Å². The summed E-state index contributed by atoms with van der Waals surface area (Å²) in [5.74, 6) is -0.844. The summed E-state index contributed by atoms with van der Waals surface area (Å²) < 4.78 is 5.33. The number of hydrogen-bond donors (Lipinski definition) is 4. The number of hydrogen-bond acceptors (Lipinski definition) is 7. The highest BCUT2D eigenvalue weighted by atomic mass is 35.5. The summed E-state index contributed by atoms with van der Waals surface area (Å²) in [6, 6.07) is 5.61. The van der Waals surface area contributed by atoms with Gasteiger partial charge in [0.05, 0.1) is 19.3 Å². The van der Waals surface area contributed by atoms with Crippen molar-refractivity contribution in [1.82, 2.24) is 10.3 Å². The van der Waals surface area contributed by atoms with Crippen LogP contribution in [0.4, 0.5) is 5.69 Å². The maximum absolute atomic E-state index is 9.55. The molecule has 0 saturated heterocycles. The van der Waals surface area contributed by atoms with Crippen LogP contribution in [0.2, 0.25) is 5.02 Å². The van der Waals surface area contributed by atoms with Crippen LogP contribution in [0.3, 0.4) is 0 Å². The van der Waals surface area contributed by atoms with Gasteiger partial charge in [0.15, 0.2) is 12.2 Å². The first-order valence-corrected chi connectivity index (χ1v) is 8.17. The lowest BCUT2D eigenvalue weighted by atomic mass is 10.1. The molecule has 0 radical (unpaired) electrons. The Morgan fingerprint density at radius 1 is 1.30 bits per heavy atom. The quantitative estimate of drug-likeness (QED) is 0.548. The van der Waals surface area contributed by atoms with Crippen molar-refractivity contribution in [2.24, 2.45) is 4.99 Å². The third-order valence-corrected chi connectivity index (χ3v) is 3.47. The first-order valence-electron chi connectivity index (χ1n) is 7.79. The van der Waals surface area contributed by atoms with Gasteiger partial charge >= 0.3 is 11.9 Å². The monoisotopic (exact) mass is 392 g/mol. The van der Waals surface area contributed by atoms with Crippen LogP contribution in [-0.4, -0.2) is 52.6 Å². The van der Waals surface area contributed by atoms with Crippen molar-refractivity contribution in [2.75, 3.05) is 25.0 Å². The Balaban J connectivity index is 0.000000279. The lowest BCUT2D eigenvalue weighted by molar-refractivity contribution is -0.134. The molecule has 142 valence electrons. The van der Waals surface area contributed by atoms with Crippen LogP contribution in [0.25, 0.3) is 11.3 Å². The minimum absolute atomic E-state index is 0.558. The summed E-state index contributed by atoms with van der Waals surface area (Å²) in [5, 5.41) is 22.8. The Kier molecular flexibility index (Phi) is 7.38. The number of amidine groups is 1. The number of rotatable bonds is 6. The van der Waals surface area contributed by atoms with E-state index in [-0.39, 0.29) is 0 Å². The van der Waals surface area contributed by atoms with Crippen LogP contribution < -0.4 is 10.6 Å². The topological polar surface area (TPSA) is 137 Å². The van der Waals surface area contributed by atoms with E-state index in [1.165, 1.54) is 6.39 Å². The van der Waals surface area contributed by atoms with Gasteiger partial charge in [-0.15, -0.1) is 0 Å². The van der Waals surface area contributed by atoms with Gasteiger partial charge in [-0.3, -0.25) is 4.99 Å². The van der Waals surface area contributed by atoms with E-state index in [0.717, 1.165) is 30.2 Å². The summed E-state index contributed by atoms with van der Waals surface area (Å²) >= 11 is 6.04. The largest absolute Gasteiger partial charge is 0.478 e. The SMILES string of the molecule is Clc1ccc(-c2cnco2)c(NCC2=NCCN2)c1.O=C(O)/C=C/C(=O)O. The number of carboxylic acid groups (broad SMARTS) is 2. The van der Waals surface area contributed by atoms with E-state index < -0.39 is 11.9 Å². The third kappa shape index (κ3) is 6.83. The summed E-state index contributed by atoms with van der Waals surface area (Å²) in [6.07, 6.45) is 4.21. The Bertz CT molecular complexity index is 833. The number of carboxylic acids is 2. The van der Waals surface area contributed by atoms with Gasteiger partial charge in [0.25, 0.3) is 0 Å². The molecular weight excluding hydrogens is 376 g/mol. The number of nitrogens with one attached hydrogen (secondary N) is 2. The minimum atomic E-state index is -1.26. The van der Waals surface area contributed by atoms with Crippen molar-refractivity contribution >= 4 is 35.1 Å². The van der Waals surface area contributed by atoms with Crippen molar-refractivity contribution in [3.63, 3.8) is 0 Å². The molecule has 0 bridgehead atoms. The van der Waals surface area contributed by atoms with Crippen molar-refractivity contribution in [3.8, 4) is 11.3 Å². The van der Waals surface area contributed by atoms with E-state index in [1.54, 1.807) is 6.20 Å². The van der Waals surface area contributed by atoms with Crippen molar-refractivity contribution in [3.05, 3.63) is 48.0 Å². The molecule has 0 atom stereocenters. The minimum Gasteiger partial charge on any atom is -0.478 e. The first-order chi connectivity index (χ1) is 13.0. The maximum atomic E-state index is 9.55. The zero-order valence-corrected chi connectivity index (χ0v) is 14.8. The lowest BCUT2D eigenvalue weighted by Crippen LogP contribution is -2.26. The van der Waals surface area contributed by atoms with E-state index >= 15 is 0 Å². The highest BCUT2D eigenvalue weighted by Gasteiger charge is 2.11. The summed E-state index contributed by atoms with van der Waals surface area (Å²) in [5.41, 5.74) is 1.83. The smallest absolute Gasteiger partial charge is 0.328 e. The number of benzene rings is 1. The molecule has 10 heteroatoms. The van der Waals surface area contributed by atoms with Gasteiger partial charge in [0, 0.05) is 35.0 Å². The first kappa shape index (κ1) is 20.0. The average molecular weight is 393 g/mol. The Labute approximate surface area is 159 Å². The number of halogens is 1. The third-order valence-electron chi connectivity index (χ3n) is 3.24. The fourth-order valence-electron chi connectivity index (χ4n) is 2.11. The molecule has 0 amide bonds. The van der Waals surface area contributed by atoms with E-state index in [2.05, 4.69) is 20.6 Å². The predicted octanol–water partition coefficient (Wildman–Crippen LogP) is 2.12. The number of carbonyl (C=O) groups is 2. The summed E-state index contributed by atoms with van der Waals surface area (Å²) in [6.45, 7) is 2.38. The van der Waals surface area contributed by atoms with E-state index in [1.807, 2.05) is 18.2 Å². The van der Waals surface area contributed by atoms with Crippen molar-refractivity contribution in [1.29, 1.82) is 0 Å². The lowest BCUT2D eigenvalue weighted by Gasteiger charge is -2.11. The maximum Gasteiger partial charge on any atom is 0.328 e. The van der Waals surface area contributed by atoms with Crippen LogP contribution in [0.5, 0.6) is 0 Å². The molecule has 1 aromatic carbocycles. The van der Waals surface area contributed by atoms with Gasteiger partial charge in [-0.2, -0.15) is 0 Å². The van der Waals surface area contributed by atoms with Crippen LogP contribution in [-0.2, 0) is 9.59 Å². The molecule has 0 saturated carbocycles. The molecule has 1 aliphatic heterocycles. The summed E-state index contributed by atoms with van der Waals surface area (Å²) in [7, 11) is 0. The average Bonchev–Trinajstić information content (AvgIpc) is 3.32. The second-order valence-corrected chi connectivity index (χ2v) is 5.61. The Morgan fingerprint density at radius 2 is 2.04 bits per heavy atom. The second kappa shape index (κ2) is 9.97. The standard InChI is InChI=1S/C13H13ClN4O.C4H4O4/c14-9-1-2-10(12-6-15-8-19-12)11(5-9)18-7-13-16-3-4-17-13;5-3(6)1-2-4(7)8/h1-2,5-6,8,18H,3-4,7H2,(H,16,17);1-2H,(H,5,6)(H,7,8)/b;2-1+. The number of aliphatic imine (C=N–C) groups is 1. The Morgan fingerprint density at radius 3 is 2.59 bits per heavy atom. The molecule has 1 aromatic heterocycles. The summed E-state index contributed by atoms with van der Waals surface area (Å²) in [4.78, 5) is 27.4. The number of aromatic nitrogens is 1.